The van der Waals surface area contributed by atoms with Crippen LogP contribution < -0.4 is 10.6 Å². The average Bonchev–Trinajstić information content (AvgIpc) is 3.23. The summed E-state index contributed by atoms with van der Waals surface area (Å²) < 4.78 is 12.1. The van der Waals surface area contributed by atoms with E-state index in [1.807, 2.05) is 46.8 Å². The Labute approximate surface area is 401 Å². The maximum atomic E-state index is 14.1. The number of likely N-dealkylation sites (N-methyl/N-ethyl adjacent to an activating group) is 1. The number of hydrogen-bond acceptors (Lipinski definition) is 11. The molecule has 1 aromatic carbocycles. The van der Waals surface area contributed by atoms with E-state index in [9.17, 15) is 43.2 Å². The van der Waals surface area contributed by atoms with E-state index in [-0.39, 0.29) is 63.3 Å². The molecule has 0 fully saturated rings. The molecule has 0 heterocycles. The fourth-order valence-electron chi connectivity index (χ4n) is 7.69. The van der Waals surface area contributed by atoms with Crippen molar-refractivity contribution in [1.29, 1.82) is 0 Å². The van der Waals surface area contributed by atoms with Crippen molar-refractivity contribution in [3.05, 3.63) is 35.4 Å². The molecular weight excluding hydrogens is 855 g/mol. The second-order valence-electron chi connectivity index (χ2n) is 20.8. The third kappa shape index (κ3) is 23.0. The molecule has 14 heteroatoms. The van der Waals surface area contributed by atoms with Gasteiger partial charge in [-0.15, -0.1) is 0 Å². The average molecular weight is 940 g/mol. The fraction of sp³-hybridized carbons (Fsp3) is 0.717. The number of rotatable bonds is 32. The Balaban J connectivity index is 3.11. The van der Waals surface area contributed by atoms with Gasteiger partial charge in [0.05, 0.1) is 41.9 Å². The van der Waals surface area contributed by atoms with E-state index >= 15 is 0 Å². The van der Waals surface area contributed by atoms with Gasteiger partial charge in [-0.05, 0) is 86.1 Å². The maximum absolute atomic E-state index is 14.1. The van der Waals surface area contributed by atoms with E-state index < -0.39 is 99.8 Å². The van der Waals surface area contributed by atoms with Crippen LogP contribution in [0.4, 0.5) is 0 Å². The number of nitrogens with zero attached hydrogens (tertiary/aromatic N) is 1. The first-order valence-corrected chi connectivity index (χ1v) is 24.5. The Bertz CT molecular complexity index is 1830. The van der Waals surface area contributed by atoms with Crippen molar-refractivity contribution in [2.45, 2.75) is 209 Å². The molecule has 0 radical (unpaired) electrons. The summed E-state index contributed by atoms with van der Waals surface area (Å²) in [5.41, 5.74) is 0.328. The van der Waals surface area contributed by atoms with Gasteiger partial charge >= 0.3 is 0 Å². The quantitative estimate of drug-likeness (QED) is 0.0404. The van der Waals surface area contributed by atoms with Crippen LogP contribution in [-0.4, -0.2) is 106 Å². The number of nitrogens with one attached hydrogen (secondary N) is 2. The largest absolute Gasteiger partial charge is 0.375 e. The zero-order valence-corrected chi connectivity index (χ0v) is 43.6. The van der Waals surface area contributed by atoms with Gasteiger partial charge in [0.2, 0.25) is 23.5 Å². The first-order chi connectivity index (χ1) is 31.0. The van der Waals surface area contributed by atoms with Crippen LogP contribution in [0.15, 0.2) is 24.3 Å². The van der Waals surface area contributed by atoms with Crippen LogP contribution >= 0.6 is 0 Å². The molecule has 3 amide bonds. The van der Waals surface area contributed by atoms with Crippen molar-refractivity contribution >= 4 is 52.4 Å². The van der Waals surface area contributed by atoms with Gasteiger partial charge in [0.25, 0.3) is 0 Å². The summed E-state index contributed by atoms with van der Waals surface area (Å²) in [6, 6.07) is 4.37. The van der Waals surface area contributed by atoms with Crippen molar-refractivity contribution in [1.82, 2.24) is 15.5 Å². The molecule has 14 nitrogen and oxygen atoms in total. The molecule has 0 aliphatic carbocycles. The monoisotopic (exact) mass is 940 g/mol. The number of ether oxygens (including phenoxy) is 2. The van der Waals surface area contributed by atoms with Gasteiger partial charge in [0.1, 0.15) is 6.04 Å². The predicted molar refractivity (Wildman–Crippen MR) is 260 cm³/mol. The predicted octanol–water partition coefficient (Wildman–Crippen LogP) is 7.97. The summed E-state index contributed by atoms with van der Waals surface area (Å²) in [6.45, 7) is 24.6. The highest BCUT2D eigenvalue weighted by Gasteiger charge is 2.37. The Morgan fingerprint density at radius 3 is 1.81 bits per heavy atom. The normalized spacial score (nSPS) is 15.0. The molecule has 0 aromatic heterocycles. The van der Waals surface area contributed by atoms with E-state index in [1.54, 1.807) is 53.7 Å². The van der Waals surface area contributed by atoms with Gasteiger partial charge in [0, 0.05) is 63.0 Å². The first kappa shape index (κ1) is 60.6. The highest BCUT2D eigenvalue weighted by Crippen LogP contribution is 2.22. The van der Waals surface area contributed by atoms with Gasteiger partial charge in [-0.2, -0.15) is 0 Å². The lowest BCUT2D eigenvalue weighted by atomic mass is 9.90. The Kier molecular flexibility index (Phi) is 26.0. The number of aryl methyl sites for hydroxylation is 1. The number of unbranched alkanes of at least 4 members (excludes halogenated alkanes) is 3. The second-order valence-corrected chi connectivity index (χ2v) is 20.8. The van der Waals surface area contributed by atoms with E-state index in [0.29, 0.717) is 5.56 Å². The first-order valence-electron chi connectivity index (χ1n) is 24.5. The molecule has 378 valence electrons. The number of amides is 3. The van der Waals surface area contributed by atoms with Crippen LogP contribution in [0, 0.1) is 23.7 Å². The highest BCUT2D eigenvalue weighted by molar-refractivity contribution is 6.38. The minimum absolute atomic E-state index is 0.000764. The number of ketones is 6. The minimum atomic E-state index is -1.15. The van der Waals surface area contributed by atoms with Crippen LogP contribution in [0.3, 0.4) is 0 Å². The number of carbonyl (C=O) groups excluding carboxylic acids is 9. The molecule has 2 N–H and O–H groups in total. The van der Waals surface area contributed by atoms with Crippen molar-refractivity contribution in [3.63, 3.8) is 0 Å². The van der Waals surface area contributed by atoms with Crippen molar-refractivity contribution in [2.24, 2.45) is 23.7 Å². The van der Waals surface area contributed by atoms with Gasteiger partial charge in [0.15, 0.2) is 28.9 Å². The van der Waals surface area contributed by atoms with Gasteiger partial charge in [-0.25, -0.2) is 0 Å². The lowest BCUT2D eigenvalue weighted by molar-refractivity contribution is -0.150. The van der Waals surface area contributed by atoms with Gasteiger partial charge in [-0.3, -0.25) is 43.2 Å². The second kappa shape index (κ2) is 28.8. The molecule has 1 rings (SSSR count). The van der Waals surface area contributed by atoms with Crippen LogP contribution in [0.25, 0.3) is 0 Å². The third-order valence-electron chi connectivity index (χ3n) is 11.6. The van der Waals surface area contributed by atoms with Gasteiger partial charge < -0.3 is 25.0 Å². The Morgan fingerprint density at radius 1 is 0.672 bits per heavy atom. The molecular formula is C53H85N3O11. The summed E-state index contributed by atoms with van der Waals surface area (Å²) in [5.74, 6) is -6.98. The van der Waals surface area contributed by atoms with Crippen LogP contribution in [0.5, 0.6) is 0 Å². The molecule has 0 spiro atoms. The minimum Gasteiger partial charge on any atom is -0.375 e. The summed E-state index contributed by atoms with van der Waals surface area (Å²) in [5, 5.41) is 5.49. The maximum Gasteiger partial charge on any atom is 0.226 e. The topological polar surface area (TPSA) is 199 Å². The number of Topliss-reactive ketones (excluding diaryl/α,β-unsaturated/α-hetero) is 6. The molecule has 0 saturated heterocycles. The Hall–Kier alpha value is -4.43. The van der Waals surface area contributed by atoms with E-state index in [1.165, 1.54) is 32.2 Å². The van der Waals surface area contributed by atoms with Crippen LogP contribution in [0.1, 0.15) is 183 Å². The number of benzene rings is 1. The molecule has 0 aliphatic rings. The van der Waals surface area contributed by atoms with E-state index in [2.05, 4.69) is 17.6 Å². The highest BCUT2D eigenvalue weighted by atomic mass is 16.5. The standard InChI is InChI=1S/C53H85N3O11/c1-16-18-19-20-21-38-22-24-39(25-23-38)44(59)31-40(32-66-52(9,10)11)51(65)54-36(7)43(58)26-27-47(62)56(15)48(37(8)67-53(12,13)14)46(61)30-35(6)50(64)55-41(28-33(3)4)45(60)29-34(5)49(63)42(57)17-2/h22-25,33-37,40-41,48H,16-21,26-32H2,1-15H3,(H,54,65)(H,55,64)/t34?,35-,36-,37?,40-,41+,48+/m1/s1. The van der Waals surface area contributed by atoms with Crippen molar-refractivity contribution < 1.29 is 52.6 Å². The molecule has 0 bridgehead atoms. The lowest BCUT2D eigenvalue weighted by Crippen LogP contribution is -2.52. The van der Waals surface area contributed by atoms with E-state index in [4.69, 9.17) is 9.47 Å². The SMILES string of the molecule is CCCCCCc1ccc(C(=O)C[C@H](COC(C)(C)C)C(=O)N[C@H](C)C(=O)CCC(=O)N(C)[C@H](C(=O)C[C@@H](C)C(=O)N[C@@H](CC(C)C)C(=O)CC(C)C(=O)C(=O)CC)C(C)OC(C)(C)C)cc1. The summed E-state index contributed by atoms with van der Waals surface area (Å²) >= 11 is 0. The summed E-state index contributed by atoms with van der Waals surface area (Å²) in [6.07, 6.45) is 3.78. The zero-order chi connectivity index (χ0) is 51.4. The van der Waals surface area contributed by atoms with Crippen LogP contribution in [-0.2, 0) is 54.3 Å². The molecule has 0 aliphatic heterocycles. The van der Waals surface area contributed by atoms with Crippen molar-refractivity contribution in [3.8, 4) is 0 Å². The smallest absolute Gasteiger partial charge is 0.226 e. The fourth-order valence-corrected chi connectivity index (χ4v) is 7.69. The van der Waals surface area contributed by atoms with Gasteiger partial charge in [-0.1, -0.05) is 85.1 Å². The Morgan fingerprint density at radius 2 is 1.27 bits per heavy atom. The molecule has 1 aromatic rings. The zero-order valence-electron chi connectivity index (χ0n) is 43.6. The molecule has 67 heavy (non-hydrogen) atoms. The third-order valence-corrected chi connectivity index (χ3v) is 11.6. The van der Waals surface area contributed by atoms with E-state index in [0.717, 1.165) is 31.2 Å². The van der Waals surface area contributed by atoms with Crippen LogP contribution in [0.2, 0.25) is 0 Å². The number of carbonyl (C=O) groups is 9. The number of hydrogen-bond donors (Lipinski definition) is 2. The molecule has 0 saturated carbocycles. The molecule has 7 atom stereocenters. The summed E-state index contributed by atoms with van der Waals surface area (Å²) in [7, 11) is 1.44. The van der Waals surface area contributed by atoms with Crippen molar-refractivity contribution in [2.75, 3.05) is 13.7 Å². The lowest BCUT2D eigenvalue weighted by Gasteiger charge is -2.36. The summed E-state index contributed by atoms with van der Waals surface area (Å²) in [4.78, 5) is 121. The molecule has 2 unspecified atom stereocenters.